The standard InChI is InChI=1S/C21H26N2O3/c1-2-25-19-8-10-20(11-9-19)26-17-16-22-12-14-23(15-13-22)21(24)18-6-4-3-5-7-18/h3-11H,2,12-17H2,1H3. The van der Waals surface area contributed by atoms with Gasteiger partial charge in [0, 0.05) is 38.3 Å². The fourth-order valence-corrected chi connectivity index (χ4v) is 3.03. The Balaban J connectivity index is 1.38. The molecular weight excluding hydrogens is 328 g/mol. The molecule has 1 aliphatic rings. The van der Waals surface area contributed by atoms with Crippen LogP contribution in [0.25, 0.3) is 0 Å². The van der Waals surface area contributed by atoms with Crippen LogP contribution in [0.15, 0.2) is 54.6 Å². The van der Waals surface area contributed by atoms with Gasteiger partial charge >= 0.3 is 0 Å². The minimum absolute atomic E-state index is 0.121. The molecule has 1 saturated heterocycles. The maximum absolute atomic E-state index is 12.5. The second kappa shape index (κ2) is 9.25. The van der Waals surface area contributed by atoms with Crippen LogP contribution in [0.2, 0.25) is 0 Å². The van der Waals surface area contributed by atoms with Crippen molar-refractivity contribution in [2.75, 3.05) is 45.9 Å². The lowest BCUT2D eigenvalue weighted by Gasteiger charge is -2.34. The molecule has 0 aliphatic carbocycles. The molecule has 1 aliphatic heterocycles. The van der Waals surface area contributed by atoms with Crippen molar-refractivity contribution < 1.29 is 14.3 Å². The molecule has 26 heavy (non-hydrogen) atoms. The van der Waals surface area contributed by atoms with E-state index < -0.39 is 0 Å². The van der Waals surface area contributed by atoms with Gasteiger partial charge in [-0.15, -0.1) is 0 Å². The van der Waals surface area contributed by atoms with Crippen LogP contribution in [0.1, 0.15) is 17.3 Å². The molecule has 1 fully saturated rings. The molecule has 0 radical (unpaired) electrons. The highest BCUT2D eigenvalue weighted by molar-refractivity contribution is 5.94. The Morgan fingerprint density at radius 2 is 1.50 bits per heavy atom. The largest absolute Gasteiger partial charge is 0.494 e. The first-order chi connectivity index (χ1) is 12.8. The third-order valence-electron chi connectivity index (χ3n) is 4.49. The number of rotatable bonds is 7. The quantitative estimate of drug-likeness (QED) is 0.767. The van der Waals surface area contributed by atoms with Crippen molar-refractivity contribution in [3.8, 4) is 11.5 Å². The Hall–Kier alpha value is -2.53. The fourth-order valence-electron chi connectivity index (χ4n) is 3.03. The molecule has 0 bridgehead atoms. The first-order valence-corrected chi connectivity index (χ1v) is 9.18. The number of nitrogens with zero attached hydrogens (tertiary/aromatic N) is 2. The Labute approximate surface area is 155 Å². The summed E-state index contributed by atoms with van der Waals surface area (Å²) in [6.07, 6.45) is 0. The van der Waals surface area contributed by atoms with E-state index in [9.17, 15) is 4.79 Å². The maximum Gasteiger partial charge on any atom is 0.253 e. The monoisotopic (exact) mass is 354 g/mol. The molecule has 2 aromatic rings. The van der Waals surface area contributed by atoms with Gasteiger partial charge in [-0.25, -0.2) is 0 Å². The van der Waals surface area contributed by atoms with Gasteiger partial charge in [0.25, 0.3) is 5.91 Å². The lowest BCUT2D eigenvalue weighted by atomic mass is 10.2. The van der Waals surface area contributed by atoms with Crippen molar-refractivity contribution in [1.29, 1.82) is 0 Å². The SMILES string of the molecule is CCOc1ccc(OCCN2CCN(C(=O)c3ccccc3)CC2)cc1. The van der Waals surface area contributed by atoms with Gasteiger partial charge in [0.2, 0.25) is 0 Å². The van der Waals surface area contributed by atoms with E-state index in [0.29, 0.717) is 13.2 Å². The first kappa shape index (κ1) is 18.3. The zero-order chi connectivity index (χ0) is 18.2. The lowest BCUT2D eigenvalue weighted by molar-refractivity contribution is 0.0620. The summed E-state index contributed by atoms with van der Waals surface area (Å²) in [6, 6.07) is 17.2. The second-order valence-corrected chi connectivity index (χ2v) is 6.25. The number of ether oxygens (including phenoxy) is 2. The minimum atomic E-state index is 0.121. The molecule has 0 atom stereocenters. The van der Waals surface area contributed by atoms with Gasteiger partial charge in [-0.2, -0.15) is 0 Å². The van der Waals surface area contributed by atoms with Gasteiger partial charge < -0.3 is 14.4 Å². The lowest BCUT2D eigenvalue weighted by Crippen LogP contribution is -2.49. The van der Waals surface area contributed by atoms with Crippen molar-refractivity contribution in [1.82, 2.24) is 9.80 Å². The van der Waals surface area contributed by atoms with Crippen LogP contribution in [0.4, 0.5) is 0 Å². The van der Waals surface area contributed by atoms with Crippen LogP contribution in [0.5, 0.6) is 11.5 Å². The van der Waals surface area contributed by atoms with E-state index in [1.165, 1.54) is 0 Å². The molecule has 2 aromatic carbocycles. The molecule has 0 spiro atoms. The number of piperazine rings is 1. The van der Waals surface area contributed by atoms with Crippen LogP contribution in [0.3, 0.4) is 0 Å². The number of carbonyl (C=O) groups is 1. The Bertz CT molecular complexity index is 680. The van der Waals surface area contributed by atoms with Crippen LogP contribution < -0.4 is 9.47 Å². The van der Waals surface area contributed by atoms with Gasteiger partial charge in [-0.3, -0.25) is 9.69 Å². The first-order valence-electron chi connectivity index (χ1n) is 9.18. The van der Waals surface area contributed by atoms with Crippen LogP contribution >= 0.6 is 0 Å². The summed E-state index contributed by atoms with van der Waals surface area (Å²) >= 11 is 0. The number of benzene rings is 2. The highest BCUT2D eigenvalue weighted by Crippen LogP contribution is 2.17. The Morgan fingerprint density at radius 1 is 0.885 bits per heavy atom. The molecule has 0 aromatic heterocycles. The van der Waals surface area contributed by atoms with Crippen LogP contribution in [-0.2, 0) is 0 Å². The summed E-state index contributed by atoms with van der Waals surface area (Å²) in [5.74, 6) is 1.83. The molecule has 3 rings (SSSR count). The van der Waals surface area contributed by atoms with Gasteiger partial charge in [0.1, 0.15) is 18.1 Å². The summed E-state index contributed by atoms with van der Waals surface area (Å²) in [5.41, 5.74) is 0.764. The molecule has 138 valence electrons. The summed E-state index contributed by atoms with van der Waals surface area (Å²) in [6.45, 7) is 7.42. The number of amides is 1. The number of hydrogen-bond donors (Lipinski definition) is 0. The van der Waals surface area contributed by atoms with E-state index >= 15 is 0 Å². The normalized spacial score (nSPS) is 14.9. The summed E-state index contributed by atoms with van der Waals surface area (Å²) in [4.78, 5) is 16.7. The van der Waals surface area contributed by atoms with E-state index in [2.05, 4.69) is 4.90 Å². The molecule has 5 heteroatoms. The van der Waals surface area contributed by atoms with Crippen molar-refractivity contribution >= 4 is 5.91 Å². The molecule has 0 N–H and O–H groups in total. The number of hydrogen-bond acceptors (Lipinski definition) is 4. The fraction of sp³-hybridized carbons (Fsp3) is 0.381. The molecule has 5 nitrogen and oxygen atoms in total. The van der Waals surface area contributed by atoms with Crippen molar-refractivity contribution in [2.45, 2.75) is 6.92 Å². The summed E-state index contributed by atoms with van der Waals surface area (Å²) in [5, 5.41) is 0. The van der Waals surface area contributed by atoms with Crippen molar-refractivity contribution in [2.24, 2.45) is 0 Å². The second-order valence-electron chi connectivity index (χ2n) is 6.25. The van der Waals surface area contributed by atoms with E-state index in [1.54, 1.807) is 0 Å². The smallest absolute Gasteiger partial charge is 0.253 e. The maximum atomic E-state index is 12.5. The summed E-state index contributed by atoms with van der Waals surface area (Å²) < 4.78 is 11.2. The van der Waals surface area contributed by atoms with E-state index in [4.69, 9.17) is 9.47 Å². The minimum Gasteiger partial charge on any atom is -0.494 e. The van der Waals surface area contributed by atoms with Crippen molar-refractivity contribution in [3.63, 3.8) is 0 Å². The zero-order valence-electron chi connectivity index (χ0n) is 15.3. The molecule has 1 amide bonds. The van der Waals surface area contributed by atoms with E-state index in [-0.39, 0.29) is 5.91 Å². The zero-order valence-corrected chi connectivity index (χ0v) is 15.3. The van der Waals surface area contributed by atoms with E-state index in [0.717, 1.165) is 49.8 Å². The summed E-state index contributed by atoms with van der Waals surface area (Å²) in [7, 11) is 0. The highest BCUT2D eigenvalue weighted by Gasteiger charge is 2.21. The highest BCUT2D eigenvalue weighted by atomic mass is 16.5. The van der Waals surface area contributed by atoms with Gasteiger partial charge in [0.05, 0.1) is 6.61 Å². The molecule has 1 heterocycles. The third-order valence-corrected chi connectivity index (χ3v) is 4.49. The molecular formula is C21H26N2O3. The molecule has 0 unspecified atom stereocenters. The molecule has 0 saturated carbocycles. The van der Waals surface area contributed by atoms with Gasteiger partial charge in [0.15, 0.2) is 0 Å². The van der Waals surface area contributed by atoms with Gasteiger partial charge in [-0.05, 0) is 43.3 Å². The average molecular weight is 354 g/mol. The third kappa shape index (κ3) is 4.99. The van der Waals surface area contributed by atoms with E-state index in [1.807, 2.05) is 66.4 Å². The predicted octanol–water partition coefficient (Wildman–Crippen LogP) is 2.92. The van der Waals surface area contributed by atoms with Crippen LogP contribution in [0, 0.1) is 0 Å². The number of carbonyl (C=O) groups excluding carboxylic acids is 1. The Morgan fingerprint density at radius 3 is 2.12 bits per heavy atom. The van der Waals surface area contributed by atoms with Crippen molar-refractivity contribution in [3.05, 3.63) is 60.2 Å². The average Bonchev–Trinajstić information content (AvgIpc) is 2.70. The Kier molecular flexibility index (Phi) is 6.50. The predicted molar refractivity (Wildman–Crippen MR) is 102 cm³/mol. The topological polar surface area (TPSA) is 42.0 Å². The van der Waals surface area contributed by atoms with Gasteiger partial charge in [-0.1, -0.05) is 18.2 Å². The van der Waals surface area contributed by atoms with Crippen LogP contribution in [-0.4, -0.2) is 61.6 Å².